The fraction of sp³-hybridized carbons (Fsp3) is 0.867. The Morgan fingerprint density at radius 1 is 1.25 bits per heavy atom. The van der Waals surface area contributed by atoms with Gasteiger partial charge in [-0.25, -0.2) is 0 Å². The summed E-state index contributed by atoms with van der Waals surface area (Å²) in [5.41, 5.74) is 6.04. The first-order valence-corrected chi connectivity index (χ1v) is 7.81. The monoisotopic (exact) mass is 278 g/mol. The van der Waals surface area contributed by atoms with Gasteiger partial charge in [-0.1, -0.05) is 24.4 Å². The van der Waals surface area contributed by atoms with Crippen LogP contribution < -0.4 is 5.73 Å². The van der Waals surface area contributed by atoms with Crippen LogP contribution in [0.1, 0.15) is 64.1 Å². The third-order valence-electron chi connectivity index (χ3n) is 4.83. The Kier molecular flexibility index (Phi) is 3.58. The Labute approximate surface area is 120 Å². The molecule has 2 heterocycles. The van der Waals surface area contributed by atoms with Crippen molar-refractivity contribution in [3.63, 3.8) is 0 Å². The third-order valence-corrected chi connectivity index (χ3v) is 4.83. The Hall–Kier alpha value is -0.940. The second kappa shape index (κ2) is 5.11. The summed E-state index contributed by atoms with van der Waals surface area (Å²) in [5.74, 6) is 1.30. The second-order valence-corrected chi connectivity index (χ2v) is 7.25. The van der Waals surface area contributed by atoms with Crippen molar-refractivity contribution in [2.45, 2.75) is 64.5 Å². The summed E-state index contributed by atoms with van der Waals surface area (Å²) in [7, 11) is 0. The van der Waals surface area contributed by atoms with Gasteiger partial charge in [0.05, 0.1) is 12.1 Å². The van der Waals surface area contributed by atoms with Crippen LogP contribution in [0.3, 0.4) is 0 Å². The zero-order valence-corrected chi connectivity index (χ0v) is 12.7. The first kappa shape index (κ1) is 14.0. The van der Waals surface area contributed by atoms with Crippen LogP contribution in [0.15, 0.2) is 4.52 Å². The molecule has 0 amide bonds. The SMILES string of the molecule is CC(C)(N)c1noc(CN2CCC3(CCCCC3)C2)n1. The number of aromatic nitrogens is 2. The van der Waals surface area contributed by atoms with Crippen molar-refractivity contribution in [2.24, 2.45) is 11.1 Å². The number of nitrogens with zero attached hydrogens (tertiary/aromatic N) is 3. The molecule has 2 aliphatic rings. The van der Waals surface area contributed by atoms with Gasteiger partial charge in [0, 0.05) is 6.54 Å². The molecule has 1 aromatic rings. The van der Waals surface area contributed by atoms with E-state index >= 15 is 0 Å². The lowest BCUT2D eigenvalue weighted by atomic mass is 9.73. The van der Waals surface area contributed by atoms with Gasteiger partial charge in [0.1, 0.15) is 0 Å². The van der Waals surface area contributed by atoms with E-state index in [0.29, 0.717) is 17.1 Å². The quantitative estimate of drug-likeness (QED) is 0.919. The van der Waals surface area contributed by atoms with Gasteiger partial charge < -0.3 is 10.3 Å². The van der Waals surface area contributed by atoms with Crippen molar-refractivity contribution < 1.29 is 4.52 Å². The Balaban J connectivity index is 1.60. The molecular weight excluding hydrogens is 252 g/mol. The lowest BCUT2D eigenvalue weighted by Gasteiger charge is -2.33. The van der Waals surface area contributed by atoms with Crippen molar-refractivity contribution in [2.75, 3.05) is 13.1 Å². The Morgan fingerprint density at radius 2 is 2.00 bits per heavy atom. The molecule has 20 heavy (non-hydrogen) atoms. The maximum atomic E-state index is 5.99. The minimum Gasteiger partial charge on any atom is -0.338 e. The predicted molar refractivity (Wildman–Crippen MR) is 76.9 cm³/mol. The summed E-state index contributed by atoms with van der Waals surface area (Å²) >= 11 is 0. The van der Waals surface area contributed by atoms with Gasteiger partial charge in [-0.3, -0.25) is 4.90 Å². The van der Waals surface area contributed by atoms with Crippen LogP contribution in [0.4, 0.5) is 0 Å². The molecule has 0 aromatic carbocycles. The Morgan fingerprint density at radius 3 is 2.65 bits per heavy atom. The fourth-order valence-electron chi connectivity index (χ4n) is 3.64. The van der Waals surface area contributed by atoms with Gasteiger partial charge in [0.2, 0.25) is 5.89 Å². The van der Waals surface area contributed by atoms with Gasteiger partial charge in [0.15, 0.2) is 5.82 Å². The molecule has 1 aliphatic heterocycles. The van der Waals surface area contributed by atoms with E-state index in [1.807, 2.05) is 13.8 Å². The highest BCUT2D eigenvalue weighted by Gasteiger charge is 2.39. The number of hydrogen-bond donors (Lipinski definition) is 1. The summed E-state index contributed by atoms with van der Waals surface area (Å²) in [4.78, 5) is 6.90. The van der Waals surface area contributed by atoms with Crippen LogP contribution in [0.5, 0.6) is 0 Å². The van der Waals surface area contributed by atoms with E-state index in [1.54, 1.807) is 0 Å². The van der Waals surface area contributed by atoms with E-state index in [2.05, 4.69) is 15.0 Å². The van der Waals surface area contributed by atoms with Crippen molar-refractivity contribution >= 4 is 0 Å². The summed E-state index contributed by atoms with van der Waals surface area (Å²) in [6, 6.07) is 0. The minimum absolute atomic E-state index is 0.530. The number of likely N-dealkylation sites (tertiary alicyclic amines) is 1. The van der Waals surface area contributed by atoms with Crippen molar-refractivity contribution in [1.29, 1.82) is 0 Å². The van der Waals surface area contributed by atoms with Crippen LogP contribution in [0.25, 0.3) is 0 Å². The maximum absolute atomic E-state index is 5.99. The molecular formula is C15H26N4O. The molecule has 5 heteroatoms. The summed E-state index contributed by atoms with van der Waals surface area (Å²) in [6.45, 7) is 6.91. The molecule has 1 spiro atoms. The van der Waals surface area contributed by atoms with Gasteiger partial charge >= 0.3 is 0 Å². The topological polar surface area (TPSA) is 68.2 Å². The zero-order valence-electron chi connectivity index (χ0n) is 12.7. The number of nitrogens with two attached hydrogens (primary N) is 1. The molecule has 112 valence electrons. The first-order valence-electron chi connectivity index (χ1n) is 7.81. The molecule has 1 aliphatic carbocycles. The van der Waals surface area contributed by atoms with E-state index in [0.717, 1.165) is 13.1 Å². The van der Waals surface area contributed by atoms with Crippen LogP contribution >= 0.6 is 0 Å². The molecule has 0 bridgehead atoms. The number of hydrogen-bond acceptors (Lipinski definition) is 5. The Bertz CT molecular complexity index is 457. The van der Waals surface area contributed by atoms with E-state index in [9.17, 15) is 0 Å². The first-order chi connectivity index (χ1) is 9.47. The van der Waals surface area contributed by atoms with Crippen molar-refractivity contribution in [3.05, 3.63) is 11.7 Å². The van der Waals surface area contributed by atoms with Crippen LogP contribution in [0.2, 0.25) is 0 Å². The van der Waals surface area contributed by atoms with Crippen molar-refractivity contribution in [1.82, 2.24) is 15.0 Å². The molecule has 0 radical (unpaired) electrons. The van der Waals surface area contributed by atoms with Crippen molar-refractivity contribution in [3.8, 4) is 0 Å². The third kappa shape index (κ3) is 2.88. The average molecular weight is 278 g/mol. The summed E-state index contributed by atoms with van der Waals surface area (Å²) in [5, 5.41) is 4.00. The van der Waals surface area contributed by atoms with Crippen LogP contribution in [0, 0.1) is 5.41 Å². The van der Waals surface area contributed by atoms with E-state index in [4.69, 9.17) is 10.3 Å². The zero-order chi connectivity index (χ0) is 14.2. The average Bonchev–Trinajstić information content (AvgIpc) is 2.99. The molecule has 1 aromatic heterocycles. The minimum atomic E-state index is -0.530. The highest BCUT2D eigenvalue weighted by molar-refractivity contribution is 5.00. The highest BCUT2D eigenvalue weighted by atomic mass is 16.5. The van der Waals surface area contributed by atoms with E-state index in [1.165, 1.54) is 45.1 Å². The van der Waals surface area contributed by atoms with Gasteiger partial charge in [0.25, 0.3) is 0 Å². The molecule has 1 saturated carbocycles. The molecule has 3 rings (SSSR count). The molecule has 1 saturated heterocycles. The number of rotatable bonds is 3. The largest absolute Gasteiger partial charge is 0.338 e. The summed E-state index contributed by atoms with van der Waals surface area (Å²) < 4.78 is 5.35. The smallest absolute Gasteiger partial charge is 0.240 e. The molecule has 0 unspecified atom stereocenters. The maximum Gasteiger partial charge on any atom is 0.240 e. The van der Waals surface area contributed by atoms with E-state index in [-0.39, 0.29) is 0 Å². The highest BCUT2D eigenvalue weighted by Crippen LogP contribution is 2.43. The van der Waals surface area contributed by atoms with Gasteiger partial charge in [-0.15, -0.1) is 0 Å². The standard InChI is InChI=1S/C15H26N4O/c1-14(2,16)13-17-12(20-18-13)10-19-9-8-15(11-19)6-4-3-5-7-15/h3-11,16H2,1-2H3. The molecule has 5 nitrogen and oxygen atoms in total. The normalized spacial score (nSPS) is 23.6. The lowest BCUT2D eigenvalue weighted by Crippen LogP contribution is -2.30. The van der Waals surface area contributed by atoms with Crippen LogP contribution in [-0.2, 0) is 12.1 Å². The molecule has 2 fully saturated rings. The van der Waals surface area contributed by atoms with Gasteiger partial charge in [-0.2, -0.15) is 4.98 Å². The second-order valence-electron chi connectivity index (χ2n) is 7.25. The van der Waals surface area contributed by atoms with Crippen LogP contribution in [-0.4, -0.2) is 28.1 Å². The summed E-state index contributed by atoms with van der Waals surface area (Å²) in [6.07, 6.45) is 8.35. The fourth-order valence-corrected chi connectivity index (χ4v) is 3.64. The lowest BCUT2D eigenvalue weighted by molar-refractivity contribution is 0.175. The van der Waals surface area contributed by atoms with Gasteiger partial charge in [-0.05, 0) is 45.1 Å². The molecule has 0 atom stereocenters. The van der Waals surface area contributed by atoms with E-state index < -0.39 is 5.54 Å². The molecule has 2 N–H and O–H groups in total. The predicted octanol–water partition coefficient (Wildman–Crippen LogP) is 2.42.